The predicted octanol–water partition coefficient (Wildman–Crippen LogP) is 5.87. The summed E-state index contributed by atoms with van der Waals surface area (Å²) in [6.45, 7) is 3.37. The molecule has 1 aliphatic rings. The molecule has 0 unspecified atom stereocenters. The van der Waals surface area contributed by atoms with Crippen molar-refractivity contribution in [1.29, 1.82) is 0 Å². The molecule has 5 nitrogen and oxygen atoms in total. The lowest BCUT2D eigenvalue weighted by Crippen LogP contribution is -1.98. The van der Waals surface area contributed by atoms with Crippen molar-refractivity contribution in [2.75, 3.05) is 7.11 Å². The van der Waals surface area contributed by atoms with Crippen LogP contribution in [0.4, 0.5) is 0 Å². The fourth-order valence-electron chi connectivity index (χ4n) is 3.94. The predicted molar refractivity (Wildman–Crippen MR) is 124 cm³/mol. The smallest absolute Gasteiger partial charge is 0.231 e. The molecule has 2 heterocycles. The van der Waals surface area contributed by atoms with Gasteiger partial charge in [-0.1, -0.05) is 30.3 Å². The fourth-order valence-corrected chi connectivity index (χ4v) is 3.94. The Labute approximate surface area is 186 Å². The van der Waals surface area contributed by atoms with Crippen LogP contribution < -0.4 is 14.2 Å². The van der Waals surface area contributed by atoms with Crippen LogP contribution in [-0.4, -0.2) is 17.5 Å². The number of ketones is 1. The third-order valence-corrected chi connectivity index (χ3v) is 5.65. The number of aromatic nitrogens is 1. The molecule has 3 aromatic carbocycles. The minimum atomic E-state index is -0.116. The van der Waals surface area contributed by atoms with E-state index in [1.54, 1.807) is 25.3 Å². The minimum Gasteiger partial charge on any atom is -0.497 e. The quantitative estimate of drug-likeness (QED) is 0.363. The van der Waals surface area contributed by atoms with Crippen LogP contribution in [0.1, 0.15) is 28.4 Å². The topological polar surface area (TPSA) is 49.7 Å². The van der Waals surface area contributed by atoms with E-state index < -0.39 is 0 Å². The van der Waals surface area contributed by atoms with Gasteiger partial charge in [0.15, 0.2) is 5.76 Å². The Morgan fingerprint density at radius 1 is 1.00 bits per heavy atom. The molecule has 32 heavy (non-hydrogen) atoms. The number of aryl methyl sites for hydroxylation is 1. The van der Waals surface area contributed by atoms with Gasteiger partial charge in [-0.2, -0.15) is 0 Å². The molecule has 160 valence electrons. The number of ether oxygens (including phenoxy) is 3. The molecule has 4 aromatic rings. The SMILES string of the molecule is CCn1cc(/C=C2/Oc3cc(OCc4ccc(OC)cc4)ccc3C2=O)c2ccccc21. The van der Waals surface area contributed by atoms with Crippen LogP contribution in [0.3, 0.4) is 0 Å². The lowest BCUT2D eigenvalue weighted by molar-refractivity contribution is 0.101. The van der Waals surface area contributed by atoms with Crippen LogP contribution in [0.15, 0.2) is 78.7 Å². The summed E-state index contributed by atoms with van der Waals surface area (Å²) in [7, 11) is 1.64. The van der Waals surface area contributed by atoms with E-state index in [9.17, 15) is 4.79 Å². The lowest BCUT2D eigenvalue weighted by atomic mass is 10.1. The van der Waals surface area contributed by atoms with Crippen LogP contribution >= 0.6 is 0 Å². The zero-order valence-corrected chi connectivity index (χ0v) is 18.0. The number of fused-ring (bicyclic) bond motifs is 2. The maximum absolute atomic E-state index is 12.9. The molecule has 5 rings (SSSR count). The number of Topliss-reactive ketones (excluding diaryl/α,β-unsaturated/α-hetero) is 1. The van der Waals surface area contributed by atoms with Crippen molar-refractivity contribution in [1.82, 2.24) is 4.57 Å². The van der Waals surface area contributed by atoms with E-state index in [1.165, 1.54) is 0 Å². The molecule has 1 aromatic heterocycles. The number of para-hydroxylation sites is 1. The molecule has 0 spiro atoms. The molecule has 0 bridgehead atoms. The molecule has 0 amide bonds. The van der Waals surface area contributed by atoms with Gasteiger partial charge in [0.25, 0.3) is 0 Å². The zero-order valence-electron chi connectivity index (χ0n) is 18.0. The molecule has 0 saturated carbocycles. The van der Waals surface area contributed by atoms with Gasteiger partial charge in [0.1, 0.15) is 23.9 Å². The van der Waals surface area contributed by atoms with Crippen molar-refractivity contribution < 1.29 is 19.0 Å². The summed E-state index contributed by atoms with van der Waals surface area (Å²) in [6, 6.07) is 21.2. The van der Waals surface area contributed by atoms with Gasteiger partial charge in [-0.25, -0.2) is 0 Å². The highest BCUT2D eigenvalue weighted by Crippen LogP contribution is 2.36. The third-order valence-electron chi connectivity index (χ3n) is 5.65. The number of rotatable bonds is 6. The standard InChI is InChI=1S/C27H23NO4/c1-3-28-16-19(22-6-4-5-7-24(22)28)14-26-27(29)23-13-12-21(15-25(23)32-26)31-17-18-8-10-20(30-2)11-9-18/h4-16H,3,17H2,1-2H3/b26-14+. The number of carbonyl (C=O) groups excluding carboxylic acids is 1. The molecular formula is C27H23NO4. The third kappa shape index (κ3) is 3.62. The van der Waals surface area contributed by atoms with E-state index in [4.69, 9.17) is 14.2 Å². The lowest BCUT2D eigenvalue weighted by Gasteiger charge is -2.08. The minimum absolute atomic E-state index is 0.116. The van der Waals surface area contributed by atoms with Gasteiger partial charge in [0.2, 0.25) is 5.78 Å². The van der Waals surface area contributed by atoms with Gasteiger partial charge >= 0.3 is 0 Å². The van der Waals surface area contributed by atoms with Crippen molar-refractivity contribution in [3.05, 3.63) is 95.4 Å². The Morgan fingerprint density at radius 3 is 2.56 bits per heavy atom. The number of methoxy groups -OCH3 is 1. The van der Waals surface area contributed by atoms with Crippen molar-refractivity contribution in [3.63, 3.8) is 0 Å². The number of benzene rings is 3. The number of hydrogen-bond donors (Lipinski definition) is 0. The van der Waals surface area contributed by atoms with Crippen LogP contribution in [0.2, 0.25) is 0 Å². The highest BCUT2D eigenvalue weighted by Gasteiger charge is 2.28. The maximum Gasteiger partial charge on any atom is 0.231 e. The van der Waals surface area contributed by atoms with Crippen LogP contribution in [-0.2, 0) is 13.2 Å². The molecule has 5 heteroatoms. The normalized spacial score (nSPS) is 13.9. The van der Waals surface area contributed by atoms with Gasteiger partial charge in [-0.3, -0.25) is 4.79 Å². The summed E-state index contributed by atoms with van der Waals surface area (Å²) >= 11 is 0. The molecule has 0 radical (unpaired) electrons. The van der Waals surface area contributed by atoms with Gasteiger partial charge in [-0.05, 0) is 48.9 Å². The summed E-state index contributed by atoms with van der Waals surface area (Å²) in [5.41, 5.74) is 3.68. The Morgan fingerprint density at radius 2 is 1.78 bits per heavy atom. The highest BCUT2D eigenvalue weighted by molar-refractivity contribution is 6.15. The first-order chi connectivity index (χ1) is 15.7. The highest BCUT2D eigenvalue weighted by atomic mass is 16.5. The largest absolute Gasteiger partial charge is 0.497 e. The second-order valence-corrected chi connectivity index (χ2v) is 7.62. The van der Waals surface area contributed by atoms with Crippen molar-refractivity contribution >= 4 is 22.8 Å². The van der Waals surface area contributed by atoms with Gasteiger partial charge in [0, 0.05) is 35.3 Å². The van der Waals surface area contributed by atoms with Crippen LogP contribution in [0.25, 0.3) is 17.0 Å². The summed E-state index contributed by atoms with van der Waals surface area (Å²) in [4.78, 5) is 12.9. The van der Waals surface area contributed by atoms with E-state index in [0.717, 1.165) is 34.3 Å². The summed E-state index contributed by atoms with van der Waals surface area (Å²) in [6.07, 6.45) is 3.88. The Balaban J connectivity index is 1.37. The van der Waals surface area contributed by atoms with E-state index >= 15 is 0 Å². The first-order valence-electron chi connectivity index (χ1n) is 10.6. The van der Waals surface area contributed by atoms with E-state index in [2.05, 4.69) is 29.8 Å². The zero-order chi connectivity index (χ0) is 22.1. The van der Waals surface area contributed by atoms with Crippen molar-refractivity contribution in [2.45, 2.75) is 20.1 Å². The summed E-state index contributed by atoms with van der Waals surface area (Å²) in [5, 5.41) is 1.10. The maximum atomic E-state index is 12.9. The molecule has 0 saturated heterocycles. The van der Waals surface area contributed by atoms with E-state index in [0.29, 0.717) is 29.4 Å². The Hall–Kier alpha value is -3.99. The van der Waals surface area contributed by atoms with Gasteiger partial charge in [-0.15, -0.1) is 0 Å². The van der Waals surface area contributed by atoms with E-state index in [1.807, 2.05) is 42.5 Å². The Kier molecular flexibility index (Phi) is 5.15. The number of hydrogen-bond acceptors (Lipinski definition) is 4. The average molecular weight is 425 g/mol. The van der Waals surface area contributed by atoms with Crippen molar-refractivity contribution in [3.8, 4) is 17.2 Å². The fraction of sp³-hybridized carbons (Fsp3) is 0.148. The van der Waals surface area contributed by atoms with Crippen molar-refractivity contribution in [2.24, 2.45) is 0 Å². The monoisotopic (exact) mass is 425 g/mol. The number of carbonyl (C=O) groups is 1. The van der Waals surface area contributed by atoms with Crippen LogP contribution in [0, 0.1) is 0 Å². The molecule has 0 N–H and O–H groups in total. The Bertz CT molecular complexity index is 1330. The van der Waals surface area contributed by atoms with Crippen LogP contribution in [0.5, 0.6) is 17.2 Å². The second kappa shape index (κ2) is 8.27. The second-order valence-electron chi connectivity index (χ2n) is 7.62. The van der Waals surface area contributed by atoms with Gasteiger partial charge < -0.3 is 18.8 Å². The molecular weight excluding hydrogens is 402 g/mol. The molecule has 0 aliphatic carbocycles. The molecule has 0 fully saturated rings. The average Bonchev–Trinajstić information content (AvgIpc) is 3.35. The summed E-state index contributed by atoms with van der Waals surface area (Å²) in [5.74, 6) is 2.19. The van der Waals surface area contributed by atoms with E-state index in [-0.39, 0.29) is 5.78 Å². The number of allylic oxidation sites excluding steroid dienone is 1. The first-order valence-corrected chi connectivity index (χ1v) is 10.6. The van der Waals surface area contributed by atoms with Gasteiger partial charge in [0.05, 0.1) is 12.7 Å². The number of nitrogens with zero attached hydrogens (tertiary/aromatic N) is 1. The first kappa shape index (κ1) is 19.9. The molecule has 0 atom stereocenters. The molecule has 1 aliphatic heterocycles. The summed E-state index contributed by atoms with van der Waals surface area (Å²) < 4.78 is 19.2.